The molecule has 0 fully saturated rings. The van der Waals surface area contributed by atoms with Crippen LogP contribution in [0.3, 0.4) is 0 Å². The Morgan fingerprint density at radius 1 is 1.04 bits per heavy atom. The first kappa shape index (κ1) is 17.5. The first-order valence-electron chi connectivity index (χ1n) is 9.18. The third-order valence-electron chi connectivity index (χ3n) is 4.50. The zero-order valence-corrected chi connectivity index (χ0v) is 16.0. The summed E-state index contributed by atoms with van der Waals surface area (Å²) in [6, 6.07) is 14.9. The highest BCUT2D eigenvalue weighted by atomic mass is 16.5. The lowest BCUT2D eigenvalue weighted by molar-refractivity contribution is -0.685. The van der Waals surface area contributed by atoms with Crippen molar-refractivity contribution >= 4 is 11.0 Å². The topological polar surface area (TPSA) is 28.9 Å². The number of H-pyrrole nitrogens is 1. The average Bonchev–Trinajstić information content (AvgIpc) is 2.90. The van der Waals surface area contributed by atoms with Crippen LogP contribution in [0.25, 0.3) is 11.0 Å². The first-order valence-corrected chi connectivity index (χ1v) is 9.18. The van der Waals surface area contributed by atoms with Crippen molar-refractivity contribution in [1.29, 1.82) is 0 Å². The molecule has 1 aromatic heterocycles. The molecule has 0 aliphatic carbocycles. The van der Waals surface area contributed by atoms with Crippen molar-refractivity contribution in [3.05, 3.63) is 59.4 Å². The molecule has 3 nitrogen and oxygen atoms in total. The highest BCUT2D eigenvalue weighted by molar-refractivity contribution is 5.71. The summed E-state index contributed by atoms with van der Waals surface area (Å²) >= 11 is 0. The maximum atomic E-state index is 6.27. The molecule has 132 valence electrons. The Kier molecular flexibility index (Phi) is 5.12. The standard InChI is InChI=1S/C22H28N2O/c1-15(2)13-24-20-9-7-6-8-19(20)23-22(24)14-25-21-12-17(5)10-11-18(21)16(3)4/h6-12,15-16H,13-14H2,1-5H3/p+1. The maximum Gasteiger partial charge on any atom is 0.293 e. The molecule has 0 bridgehead atoms. The number of rotatable bonds is 6. The second kappa shape index (κ2) is 7.30. The molecule has 3 rings (SSSR count). The van der Waals surface area contributed by atoms with Gasteiger partial charge >= 0.3 is 0 Å². The van der Waals surface area contributed by atoms with E-state index in [1.165, 1.54) is 16.6 Å². The molecule has 2 aromatic carbocycles. The summed E-state index contributed by atoms with van der Waals surface area (Å²) in [5.41, 5.74) is 4.89. The van der Waals surface area contributed by atoms with Gasteiger partial charge in [0.25, 0.3) is 5.82 Å². The molecule has 0 saturated carbocycles. The van der Waals surface area contributed by atoms with Gasteiger partial charge in [0.2, 0.25) is 0 Å². The van der Waals surface area contributed by atoms with E-state index in [9.17, 15) is 0 Å². The minimum Gasteiger partial charge on any atom is -0.481 e. The van der Waals surface area contributed by atoms with Crippen molar-refractivity contribution in [3.63, 3.8) is 0 Å². The summed E-state index contributed by atoms with van der Waals surface area (Å²) < 4.78 is 8.62. The predicted molar refractivity (Wildman–Crippen MR) is 103 cm³/mol. The lowest BCUT2D eigenvalue weighted by atomic mass is 10.0. The van der Waals surface area contributed by atoms with Gasteiger partial charge < -0.3 is 4.74 Å². The number of hydrogen-bond donors (Lipinski definition) is 1. The number of ether oxygens (including phenoxy) is 1. The summed E-state index contributed by atoms with van der Waals surface area (Å²) in [6.45, 7) is 12.5. The number of hydrogen-bond acceptors (Lipinski definition) is 1. The van der Waals surface area contributed by atoms with Crippen molar-refractivity contribution in [1.82, 2.24) is 4.98 Å². The number of imidazole rings is 1. The quantitative estimate of drug-likeness (QED) is 0.621. The number of aromatic nitrogens is 2. The Morgan fingerprint density at radius 3 is 2.52 bits per heavy atom. The van der Waals surface area contributed by atoms with Gasteiger partial charge in [-0.2, -0.15) is 0 Å². The molecule has 0 amide bonds. The Labute approximate surface area is 150 Å². The molecule has 3 heteroatoms. The van der Waals surface area contributed by atoms with Crippen LogP contribution < -0.4 is 9.30 Å². The SMILES string of the molecule is Cc1ccc(C(C)C)c(OCc2[nH]c3ccccc3[n+]2CC(C)C)c1. The third-order valence-corrected chi connectivity index (χ3v) is 4.50. The highest BCUT2D eigenvalue weighted by Crippen LogP contribution is 2.28. The molecular weight excluding hydrogens is 308 g/mol. The molecule has 3 aromatic rings. The summed E-state index contributed by atoms with van der Waals surface area (Å²) in [4.78, 5) is 3.54. The van der Waals surface area contributed by atoms with Gasteiger partial charge in [-0.3, -0.25) is 0 Å². The molecule has 0 atom stereocenters. The van der Waals surface area contributed by atoms with E-state index in [1.54, 1.807) is 0 Å². The zero-order valence-electron chi connectivity index (χ0n) is 16.0. The fourth-order valence-corrected chi connectivity index (χ4v) is 3.26. The fourth-order valence-electron chi connectivity index (χ4n) is 3.26. The van der Waals surface area contributed by atoms with Gasteiger partial charge in [-0.05, 0) is 48.1 Å². The Morgan fingerprint density at radius 2 is 1.80 bits per heavy atom. The molecule has 1 N–H and O–H groups in total. The predicted octanol–water partition coefficient (Wildman–Crippen LogP) is 5.12. The molecular formula is C22H29N2O+. The minimum atomic E-state index is 0.445. The minimum absolute atomic E-state index is 0.445. The summed E-state index contributed by atoms with van der Waals surface area (Å²) in [5.74, 6) is 3.13. The molecule has 0 spiro atoms. The van der Waals surface area contributed by atoms with E-state index in [0.29, 0.717) is 18.4 Å². The number of nitrogens with one attached hydrogen (secondary N) is 1. The van der Waals surface area contributed by atoms with E-state index < -0.39 is 0 Å². The second-order valence-electron chi connectivity index (χ2n) is 7.58. The number of aromatic amines is 1. The van der Waals surface area contributed by atoms with Crippen molar-refractivity contribution in [3.8, 4) is 5.75 Å². The zero-order chi connectivity index (χ0) is 18.0. The molecule has 0 saturated heterocycles. The number of benzene rings is 2. The first-order chi connectivity index (χ1) is 12.0. The van der Waals surface area contributed by atoms with Gasteiger partial charge in [0.1, 0.15) is 5.75 Å². The Bertz CT molecular complexity index is 862. The Hall–Kier alpha value is -2.29. The normalized spacial score (nSPS) is 11.6. The highest BCUT2D eigenvalue weighted by Gasteiger charge is 2.20. The molecule has 0 aliphatic heterocycles. The van der Waals surface area contributed by atoms with Crippen LogP contribution in [0.15, 0.2) is 42.5 Å². The van der Waals surface area contributed by atoms with Crippen molar-refractivity contribution < 1.29 is 9.30 Å². The van der Waals surface area contributed by atoms with Crippen LogP contribution in [-0.2, 0) is 13.2 Å². The second-order valence-corrected chi connectivity index (χ2v) is 7.58. The van der Waals surface area contributed by atoms with Crippen LogP contribution in [0.2, 0.25) is 0 Å². The van der Waals surface area contributed by atoms with Gasteiger partial charge in [0.05, 0.1) is 6.54 Å². The number of aryl methyl sites for hydroxylation is 1. The smallest absolute Gasteiger partial charge is 0.293 e. The fraction of sp³-hybridized carbons (Fsp3) is 0.409. The number of fused-ring (bicyclic) bond motifs is 1. The summed E-state index contributed by atoms with van der Waals surface area (Å²) in [6.07, 6.45) is 0. The van der Waals surface area contributed by atoms with Gasteiger partial charge in [-0.1, -0.05) is 52.0 Å². The third kappa shape index (κ3) is 3.87. The van der Waals surface area contributed by atoms with E-state index in [2.05, 4.69) is 86.6 Å². The van der Waals surface area contributed by atoms with Crippen LogP contribution in [-0.4, -0.2) is 4.98 Å². The van der Waals surface area contributed by atoms with E-state index in [4.69, 9.17) is 4.74 Å². The van der Waals surface area contributed by atoms with Crippen molar-refractivity contribution in [2.45, 2.75) is 53.7 Å². The number of nitrogens with zero attached hydrogens (tertiary/aromatic N) is 1. The average molecular weight is 337 g/mol. The van der Waals surface area contributed by atoms with Crippen molar-refractivity contribution in [2.24, 2.45) is 5.92 Å². The molecule has 1 heterocycles. The van der Waals surface area contributed by atoms with E-state index in [-0.39, 0.29) is 0 Å². The van der Waals surface area contributed by atoms with Crippen LogP contribution in [0.5, 0.6) is 5.75 Å². The van der Waals surface area contributed by atoms with Crippen LogP contribution in [0, 0.1) is 12.8 Å². The Balaban J connectivity index is 1.92. The monoisotopic (exact) mass is 337 g/mol. The maximum absolute atomic E-state index is 6.27. The molecule has 0 radical (unpaired) electrons. The largest absolute Gasteiger partial charge is 0.481 e. The molecule has 0 unspecified atom stereocenters. The van der Waals surface area contributed by atoms with Crippen LogP contribution in [0.4, 0.5) is 0 Å². The summed E-state index contributed by atoms with van der Waals surface area (Å²) in [7, 11) is 0. The van der Waals surface area contributed by atoms with Gasteiger partial charge in [0, 0.05) is 0 Å². The summed E-state index contributed by atoms with van der Waals surface area (Å²) in [5, 5.41) is 0. The number of para-hydroxylation sites is 2. The van der Waals surface area contributed by atoms with E-state index in [1.807, 2.05) is 0 Å². The van der Waals surface area contributed by atoms with Crippen molar-refractivity contribution in [2.75, 3.05) is 0 Å². The van der Waals surface area contributed by atoms with Gasteiger partial charge in [0.15, 0.2) is 17.6 Å². The van der Waals surface area contributed by atoms with Crippen LogP contribution >= 0.6 is 0 Å². The van der Waals surface area contributed by atoms with E-state index >= 15 is 0 Å². The molecule has 0 aliphatic rings. The lowest BCUT2D eigenvalue weighted by Gasteiger charge is -2.14. The molecule has 25 heavy (non-hydrogen) atoms. The van der Waals surface area contributed by atoms with E-state index in [0.717, 1.165) is 23.6 Å². The van der Waals surface area contributed by atoms with Gasteiger partial charge in [-0.25, -0.2) is 9.55 Å². The van der Waals surface area contributed by atoms with Gasteiger partial charge in [-0.15, -0.1) is 0 Å². The lowest BCUT2D eigenvalue weighted by Crippen LogP contribution is -2.40. The van der Waals surface area contributed by atoms with Crippen LogP contribution in [0.1, 0.15) is 50.6 Å².